The lowest BCUT2D eigenvalue weighted by Crippen LogP contribution is -2.07. The minimum absolute atomic E-state index is 0.317. The summed E-state index contributed by atoms with van der Waals surface area (Å²) in [5.41, 5.74) is 5.56. The number of nitrogens with zero attached hydrogens (tertiary/aromatic N) is 1. The van der Waals surface area contributed by atoms with E-state index in [1.807, 2.05) is 75.4 Å². The summed E-state index contributed by atoms with van der Waals surface area (Å²) in [6.07, 6.45) is 0. The SMILES string of the molecule is CCOC(=O)c1c(C)n(-c2ccc(OCC)cc2)c2ccc(OCc3ccccc3C)cc12. The summed E-state index contributed by atoms with van der Waals surface area (Å²) in [6.45, 7) is 9.18. The first kappa shape index (κ1) is 22.5. The molecule has 0 amide bonds. The number of hydrogen-bond donors (Lipinski definition) is 0. The van der Waals surface area contributed by atoms with Gasteiger partial charge in [0, 0.05) is 16.8 Å². The van der Waals surface area contributed by atoms with Gasteiger partial charge in [0.1, 0.15) is 18.1 Å². The Bertz CT molecular complexity index is 1270. The van der Waals surface area contributed by atoms with Crippen molar-refractivity contribution < 1.29 is 19.0 Å². The smallest absolute Gasteiger partial charge is 0.340 e. The Kier molecular flexibility index (Phi) is 6.68. The number of hydrogen-bond acceptors (Lipinski definition) is 4. The molecule has 3 aromatic carbocycles. The third-order valence-corrected chi connectivity index (χ3v) is 5.72. The summed E-state index contributed by atoms with van der Waals surface area (Å²) < 4.78 is 19.1. The van der Waals surface area contributed by atoms with Gasteiger partial charge in [0.25, 0.3) is 0 Å². The molecule has 4 aromatic rings. The zero-order valence-electron chi connectivity index (χ0n) is 19.6. The van der Waals surface area contributed by atoms with Gasteiger partial charge in [-0.15, -0.1) is 0 Å². The molecular formula is C28H29NO4. The Labute approximate surface area is 194 Å². The van der Waals surface area contributed by atoms with E-state index in [-0.39, 0.29) is 5.97 Å². The van der Waals surface area contributed by atoms with E-state index in [2.05, 4.69) is 23.6 Å². The highest BCUT2D eigenvalue weighted by Crippen LogP contribution is 2.33. The van der Waals surface area contributed by atoms with Crippen molar-refractivity contribution in [3.63, 3.8) is 0 Å². The second kappa shape index (κ2) is 9.82. The highest BCUT2D eigenvalue weighted by atomic mass is 16.5. The van der Waals surface area contributed by atoms with Crippen LogP contribution in [0.25, 0.3) is 16.6 Å². The Morgan fingerprint density at radius 1 is 0.848 bits per heavy atom. The molecule has 0 fully saturated rings. The fourth-order valence-electron chi connectivity index (χ4n) is 4.07. The van der Waals surface area contributed by atoms with Crippen LogP contribution in [0.1, 0.15) is 41.0 Å². The minimum atomic E-state index is -0.333. The van der Waals surface area contributed by atoms with Crippen LogP contribution in [-0.4, -0.2) is 23.8 Å². The molecule has 0 spiro atoms. The number of fused-ring (bicyclic) bond motifs is 1. The number of ether oxygens (including phenoxy) is 3. The van der Waals surface area contributed by atoms with Crippen molar-refractivity contribution >= 4 is 16.9 Å². The lowest BCUT2D eigenvalue weighted by atomic mass is 10.1. The summed E-state index contributed by atoms with van der Waals surface area (Å²) in [5.74, 6) is 1.19. The van der Waals surface area contributed by atoms with Crippen LogP contribution in [0.4, 0.5) is 0 Å². The molecule has 0 N–H and O–H groups in total. The van der Waals surface area contributed by atoms with Crippen LogP contribution in [0.15, 0.2) is 66.7 Å². The number of benzene rings is 3. The standard InChI is InChI=1S/C28H29NO4/c1-5-31-23-13-11-22(12-14-23)29-20(4)27(28(30)32-6-2)25-17-24(15-16-26(25)29)33-18-21-10-8-7-9-19(21)3/h7-17H,5-6,18H2,1-4H3. The van der Waals surface area contributed by atoms with Crippen LogP contribution < -0.4 is 9.47 Å². The Morgan fingerprint density at radius 2 is 1.58 bits per heavy atom. The molecule has 0 unspecified atom stereocenters. The van der Waals surface area contributed by atoms with Gasteiger partial charge in [-0.25, -0.2) is 4.79 Å². The van der Waals surface area contributed by atoms with Crippen LogP contribution in [0.2, 0.25) is 0 Å². The zero-order valence-corrected chi connectivity index (χ0v) is 19.6. The predicted molar refractivity (Wildman–Crippen MR) is 131 cm³/mol. The molecule has 5 nitrogen and oxygen atoms in total. The zero-order chi connectivity index (χ0) is 23.4. The highest BCUT2D eigenvalue weighted by molar-refractivity contribution is 6.07. The van der Waals surface area contributed by atoms with Crippen LogP contribution in [0.3, 0.4) is 0 Å². The monoisotopic (exact) mass is 443 g/mol. The van der Waals surface area contributed by atoms with E-state index in [0.29, 0.717) is 31.1 Å². The normalized spacial score (nSPS) is 10.9. The van der Waals surface area contributed by atoms with Gasteiger partial charge in [0.05, 0.1) is 24.3 Å². The van der Waals surface area contributed by atoms with Crippen molar-refractivity contribution in [3.8, 4) is 17.2 Å². The molecule has 4 rings (SSSR count). The summed E-state index contributed by atoms with van der Waals surface area (Å²) in [5, 5.41) is 0.808. The third kappa shape index (κ3) is 4.58. The van der Waals surface area contributed by atoms with Gasteiger partial charge in [-0.2, -0.15) is 0 Å². The second-order valence-electron chi connectivity index (χ2n) is 7.84. The number of aromatic nitrogens is 1. The van der Waals surface area contributed by atoms with Crippen molar-refractivity contribution in [2.24, 2.45) is 0 Å². The maximum Gasteiger partial charge on any atom is 0.340 e. The number of aryl methyl sites for hydroxylation is 1. The maximum absolute atomic E-state index is 12.9. The van der Waals surface area contributed by atoms with Gasteiger partial charge in [-0.3, -0.25) is 0 Å². The summed E-state index contributed by atoms with van der Waals surface area (Å²) in [6, 6.07) is 21.9. The van der Waals surface area contributed by atoms with E-state index in [9.17, 15) is 4.79 Å². The van der Waals surface area contributed by atoms with Crippen molar-refractivity contribution in [2.45, 2.75) is 34.3 Å². The van der Waals surface area contributed by atoms with E-state index in [1.54, 1.807) is 0 Å². The van der Waals surface area contributed by atoms with E-state index in [1.165, 1.54) is 5.56 Å². The van der Waals surface area contributed by atoms with Crippen LogP contribution in [0, 0.1) is 13.8 Å². The molecule has 170 valence electrons. The van der Waals surface area contributed by atoms with Gasteiger partial charge in [0.2, 0.25) is 0 Å². The quantitative estimate of drug-likeness (QED) is 0.296. The lowest BCUT2D eigenvalue weighted by molar-refractivity contribution is 0.0527. The van der Waals surface area contributed by atoms with E-state index in [0.717, 1.165) is 33.6 Å². The topological polar surface area (TPSA) is 49.7 Å². The molecule has 0 radical (unpaired) electrons. The molecule has 0 bridgehead atoms. The Balaban J connectivity index is 1.76. The van der Waals surface area contributed by atoms with Crippen LogP contribution >= 0.6 is 0 Å². The fourth-order valence-corrected chi connectivity index (χ4v) is 4.07. The molecule has 5 heteroatoms. The average Bonchev–Trinajstić information content (AvgIpc) is 3.10. The van der Waals surface area contributed by atoms with Crippen LogP contribution in [-0.2, 0) is 11.3 Å². The molecule has 0 saturated carbocycles. The average molecular weight is 444 g/mol. The summed E-state index contributed by atoms with van der Waals surface area (Å²) in [4.78, 5) is 12.9. The van der Waals surface area contributed by atoms with Gasteiger partial charge in [-0.1, -0.05) is 24.3 Å². The molecule has 0 saturated heterocycles. The Morgan fingerprint density at radius 3 is 2.27 bits per heavy atom. The van der Waals surface area contributed by atoms with E-state index < -0.39 is 0 Å². The van der Waals surface area contributed by atoms with Gasteiger partial charge >= 0.3 is 5.97 Å². The van der Waals surface area contributed by atoms with Crippen LogP contribution in [0.5, 0.6) is 11.5 Å². The first-order valence-electron chi connectivity index (χ1n) is 11.3. The number of carbonyl (C=O) groups is 1. The number of rotatable bonds is 8. The molecule has 1 aromatic heterocycles. The van der Waals surface area contributed by atoms with Crippen molar-refractivity contribution in [2.75, 3.05) is 13.2 Å². The molecule has 33 heavy (non-hydrogen) atoms. The molecule has 0 aliphatic heterocycles. The summed E-state index contributed by atoms with van der Waals surface area (Å²) in [7, 11) is 0. The van der Waals surface area contributed by atoms with Gasteiger partial charge in [-0.05, 0) is 81.3 Å². The van der Waals surface area contributed by atoms with E-state index in [4.69, 9.17) is 14.2 Å². The fraction of sp³-hybridized carbons (Fsp3) is 0.250. The maximum atomic E-state index is 12.9. The molecular weight excluding hydrogens is 414 g/mol. The van der Waals surface area contributed by atoms with Crippen molar-refractivity contribution in [3.05, 3.63) is 89.1 Å². The molecule has 0 aliphatic rings. The second-order valence-corrected chi connectivity index (χ2v) is 7.84. The molecule has 0 aliphatic carbocycles. The summed E-state index contributed by atoms with van der Waals surface area (Å²) >= 11 is 0. The third-order valence-electron chi connectivity index (χ3n) is 5.72. The number of esters is 1. The molecule has 1 heterocycles. The van der Waals surface area contributed by atoms with Crippen molar-refractivity contribution in [1.29, 1.82) is 0 Å². The Hall–Kier alpha value is -3.73. The van der Waals surface area contributed by atoms with E-state index >= 15 is 0 Å². The van der Waals surface area contributed by atoms with Gasteiger partial charge < -0.3 is 18.8 Å². The number of carbonyl (C=O) groups excluding carboxylic acids is 1. The largest absolute Gasteiger partial charge is 0.494 e. The van der Waals surface area contributed by atoms with Crippen molar-refractivity contribution in [1.82, 2.24) is 4.57 Å². The predicted octanol–water partition coefficient (Wildman–Crippen LogP) is 6.40. The minimum Gasteiger partial charge on any atom is -0.494 e. The van der Waals surface area contributed by atoms with Gasteiger partial charge in [0.15, 0.2) is 0 Å². The lowest BCUT2D eigenvalue weighted by Gasteiger charge is -2.11. The first-order chi connectivity index (χ1) is 16.0. The molecule has 0 atom stereocenters. The highest BCUT2D eigenvalue weighted by Gasteiger charge is 2.22. The first-order valence-corrected chi connectivity index (χ1v) is 11.3.